The summed E-state index contributed by atoms with van der Waals surface area (Å²) >= 11 is 3.55. The third-order valence-corrected chi connectivity index (χ3v) is 5.35. The molecule has 2 aliphatic rings. The van der Waals surface area contributed by atoms with E-state index >= 15 is 0 Å². The summed E-state index contributed by atoms with van der Waals surface area (Å²) in [7, 11) is 0. The van der Waals surface area contributed by atoms with Gasteiger partial charge in [-0.15, -0.1) is 0 Å². The van der Waals surface area contributed by atoms with Crippen LogP contribution in [0.25, 0.3) is 0 Å². The Hall–Kier alpha value is -0.680. The lowest BCUT2D eigenvalue weighted by Gasteiger charge is -2.17. The summed E-state index contributed by atoms with van der Waals surface area (Å²) in [5.74, 6) is 0.411. The van der Waals surface area contributed by atoms with Crippen LogP contribution in [0.2, 0.25) is 0 Å². The van der Waals surface area contributed by atoms with Crippen molar-refractivity contribution in [3.8, 4) is 0 Å². The van der Waals surface area contributed by atoms with E-state index in [0.29, 0.717) is 18.3 Å². The molecule has 0 N–H and O–H groups in total. The fraction of sp³-hybridized carbons (Fsp3) is 0.714. The predicted molar refractivity (Wildman–Crippen MR) is 75.1 cm³/mol. The number of carbonyl (C=O) groups excluding carboxylic acids is 1. The maximum atomic E-state index is 12.5. The topological polar surface area (TPSA) is 44.1 Å². The van der Waals surface area contributed by atoms with Gasteiger partial charge < -0.3 is 4.74 Å². The Morgan fingerprint density at radius 2 is 2.32 bits per heavy atom. The fourth-order valence-corrected chi connectivity index (χ4v) is 3.73. The molecule has 2 fully saturated rings. The molecular weight excluding hydrogens is 308 g/mol. The summed E-state index contributed by atoms with van der Waals surface area (Å²) in [6.07, 6.45) is 4.07. The minimum atomic E-state index is 0.103. The van der Waals surface area contributed by atoms with Crippen LogP contribution < -0.4 is 0 Å². The average molecular weight is 327 g/mol. The monoisotopic (exact) mass is 326 g/mol. The molecule has 2 saturated heterocycles. The standard InChI is InChI=1S/C14H19BrN2O2/c1-3-17-11(14(15)8(2)16-17)7-12(18)10-6-9-4-5-13(10)19-9/h9-10,13H,3-7H2,1-2H3. The molecule has 2 aliphatic heterocycles. The molecule has 4 nitrogen and oxygen atoms in total. The molecular formula is C14H19BrN2O2. The van der Waals surface area contributed by atoms with Crippen molar-refractivity contribution in [2.45, 2.75) is 58.3 Å². The number of fused-ring (bicyclic) bond motifs is 2. The molecule has 3 rings (SSSR count). The van der Waals surface area contributed by atoms with Gasteiger partial charge in [-0.2, -0.15) is 5.10 Å². The summed E-state index contributed by atoms with van der Waals surface area (Å²) in [4.78, 5) is 12.5. The number of Topliss-reactive ketones (excluding diaryl/α,β-unsaturated/α-hetero) is 1. The number of halogens is 1. The van der Waals surface area contributed by atoms with Gasteiger partial charge in [0.25, 0.3) is 0 Å². The van der Waals surface area contributed by atoms with Gasteiger partial charge in [0.2, 0.25) is 0 Å². The van der Waals surface area contributed by atoms with Crippen LogP contribution in [0.15, 0.2) is 4.47 Å². The van der Waals surface area contributed by atoms with Gasteiger partial charge in [-0.25, -0.2) is 0 Å². The average Bonchev–Trinajstić information content (AvgIpc) is 3.08. The van der Waals surface area contributed by atoms with Crippen molar-refractivity contribution in [3.05, 3.63) is 15.9 Å². The zero-order chi connectivity index (χ0) is 13.6. The maximum Gasteiger partial charge on any atom is 0.144 e. The maximum absolute atomic E-state index is 12.5. The lowest BCUT2D eigenvalue weighted by molar-refractivity contribution is -0.123. The van der Waals surface area contributed by atoms with Crippen LogP contribution >= 0.6 is 15.9 Å². The molecule has 1 aromatic heterocycles. The van der Waals surface area contributed by atoms with Crippen molar-refractivity contribution in [1.29, 1.82) is 0 Å². The molecule has 3 heterocycles. The largest absolute Gasteiger partial charge is 0.374 e. The quantitative estimate of drug-likeness (QED) is 0.854. The van der Waals surface area contributed by atoms with Crippen molar-refractivity contribution in [2.24, 2.45) is 5.92 Å². The summed E-state index contributed by atoms with van der Waals surface area (Å²) in [6.45, 7) is 4.81. The van der Waals surface area contributed by atoms with E-state index in [2.05, 4.69) is 21.0 Å². The van der Waals surface area contributed by atoms with Gasteiger partial charge in [-0.3, -0.25) is 9.48 Å². The number of ketones is 1. The van der Waals surface area contributed by atoms with E-state index in [0.717, 1.165) is 41.7 Å². The van der Waals surface area contributed by atoms with E-state index in [4.69, 9.17) is 4.74 Å². The number of aryl methyl sites for hydroxylation is 2. The molecule has 3 unspecified atom stereocenters. The minimum Gasteiger partial charge on any atom is -0.374 e. The molecule has 2 bridgehead atoms. The smallest absolute Gasteiger partial charge is 0.144 e. The first kappa shape index (κ1) is 13.3. The Morgan fingerprint density at radius 1 is 1.53 bits per heavy atom. The van der Waals surface area contributed by atoms with Gasteiger partial charge in [-0.1, -0.05) is 0 Å². The van der Waals surface area contributed by atoms with Gasteiger partial charge in [0.1, 0.15) is 5.78 Å². The van der Waals surface area contributed by atoms with Crippen LogP contribution in [-0.4, -0.2) is 27.8 Å². The SMILES string of the molecule is CCn1nc(C)c(Br)c1CC(=O)C1CC2CCC1O2. The molecule has 0 radical (unpaired) electrons. The molecule has 0 aliphatic carbocycles. The highest BCUT2D eigenvalue weighted by atomic mass is 79.9. The molecule has 0 amide bonds. The van der Waals surface area contributed by atoms with E-state index in [1.165, 1.54) is 0 Å². The van der Waals surface area contributed by atoms with Crippen molar-refractivity contribution in [3.63, 3.8) is 0 Å². The number of rotatable bonds is 4. The Bertz CT molecular complexity index is 512. The molecule has 0 spiro atoms. The highest BCUT2D eigenvalue weighted by Crippen LogP contribution is 2.39. The predicted octanol–water partition coefficient (Wildman–Crippen LogP) is 2.65. The van der Waals surface area contributed by atoms with Crippen molar-refractivity contribution >= 4 is 21.7 Å². The van der Waals surface area contributed by atoms with Crippen molar-refractivity contribution in [1.82, 2.24) is 9.78 Å². The second-order valence-corrected chi connectivity index (χ2v) is 6.31. The van der Waals surface area contributed by atoms with E-state index < -0.39 is 0 Å². The molecule has 0 aromatic carbocycles. The third-order valence-electron chi connectivity index (χ3n) is 4.31. The molecule has 3 atom stereocenters. The molecule has 19 heavy (non-hydrogen) atoms. The number of ether oxygens (including phenoxy) is 1. The number of hydrogen-bond donors (Lipinski definition) is 0. The normalized spacial score (nSPS) is 29.1. The highest BCUT2D eigenvalue weighted by molar-refractivity contribution is 9.10. The fourth-order valence-electron chi connectivity index (χ4n) is 3.31. The van der Waals surface area contributed by atoms with E-state index in [1.54, 1.807) is 0 Å². The number of aromatic nitrogens is 2. The highest BCUT2D eigenvalue weighted by Gasteiger charge is 2.44. The Labute approximate surface area is 121 Å². The van der Waals surface area contributed by atoms with E-state index in [-0.39, 0.29) is 12.0 Å². The first-order valence-electron chi connectivity index (χ1n) is 7.00. The van der Waals surface area contributed by atoms with Crippen LogP contribution in [0.4, 0.5) is 0 Å². The van der Waals surface area contributed by atoms with Gasteiger partial charge in [0.15, 0.2) is 0 Å². The Morgan fingerprint density at radius 3 is 2.89 bits per heavy atom. The summed E-state index contributed by atoms with van der Waals surface area (Å²) < 4.78 is 8.68. The lowest BCUT2D eigenvalue weighted by atomic mass is 9.85. The van der Waals surface area contributed by atoms with Crippen LogP contribution in [0.1, 0.15) is 37.6 Å². The van der Waals surface area contributed by atoms with E-state index in [1.807, 2.05) is 18.5 Å². The second-order valence-electron chi connectivity index (χ2n) is 5.52. The third kappa shape index (κ3) is 2.27. The molecule has 1 aromatic rings. The molecule has 104 valence electrons. The number of nitrogens with zero attached hydrogens (tertiary/aromatic N) is 2. The van der Waals surface area contributed by atoms with Crippen LogP contribution in [-0.2, 0) is 22.5 Å². The number of carbonyl (C=O) groups is 1. The van der Waals surface area contributed by atoms with E-state index in [9.17, 15) is 4.79 Å². The van der Waals surface area contributed by atoms with Crippen LogP contribution in [0.3, 0.4) is 0 Å². The zero-order valence-electron chi connectivity index (χ0n) is 11.4. The Kier molecular flexibility index (Phi) is 3.52. The number of hydrogen-bond acceptors (Lipinski definition) is 3. The van der Waals surface area contributed by atoms with Gasteiger partial charge >= 0.3 is 0 Å². The minimum absolute atomic E-state index is 0.103. The first-order valence-corrected chi connectivity index (χ1v) is 7.79. The Balaban J connectivity index is 1.76. The van der Waals surface area contributed by atoms with Gasteiger partial charge in [-0.05, 0) is 49.0 Å². The van der Waals surface area contributed by atoms with Gasteiger partial charge in [0, 0.05) is 18.9 Å². The summed E-state index contributed by atoms with van der Waals surface area (Å²) in [5.41, 5.74) is 1.96. The van der Waals surface area contributed by atoms with Crippen LogP contribution in [0.5, 0.6) is 0 Å². The van der Waals surface area contributed by atoms with Crippen molar-refractivity contribution in [2.75, 3.05) is 0 Å². The summed E-state index contributed by atoms with van der Waals surface area (Å²) in [6, 6.07) is 0. The van der Waals surface area contributed by atoms with Gasteiger partial charge in [0.05, 0.1) is 28.1 Å². The molecule has 0 saturated carbocycles. The zero-order valence-corrected chi connectivity index (χ0v) is 12.9. The van der Waals surface area contributed by atoms with Crippen molar-refractivity contribution < 1.29 is 9.53 Å². The summed E-state index contributed by atoms with van der Waals surface area (Å²) in [5, 5.41) is 4.44. The molecule has 5 heteroatoms. The second kappa shape index (κ2) is 5.02. The van der Waals surface area contributed by atoms with Crippen LogP contribution in [0, 0.1) is 12.8 Å². The lowest BCUT2D eigenvalue weighted by Crippen LogP contribution is -2.27. The first-order chi connectivity index (χ1) is 9.10.